The largest absolute Gasteiger partial charge is 0.325 e. The number of fused-ring (bicyclic) bond motifs is 3. The number of carbonyl (C=O) groups is 1. The first kappa shape index (κ1) is 25.1. The maximum Gasteiger partial charge on any atom is 0.267 e. The van der Waals surface area contributed by atoms with Gasteiger partial charge in [-0.25, -0.2) is 4.98 Å². The highest BCUT2D eigenvalue weighted by Gasteiger charge is 2.32. The molecule has 1 aliphatic rings. The van der Waals surface area contributed by atoms with Crippen molar-refractivity contribution in [3.63, 3.8) is 0 Å². The van der Waals surface area contributed by atoms with Gasteiger partial charge in [-0.05, 0) is 66.5 Å². The van der Waals surface area contributed by atoms with Gasteiger partial charge in [-0.3, -0.25) is 14.2 Å². The number of aryl methyl sites for hydroxylation is 1. The van der Waals surface area contributed by atoms with Crippen molar-refractivity contribution in [2.24, 2.45) is 11.3 Å². The Morgan fingerprint density at radius 3 is 2.69 bits per heavy atom. The number of halogens is 1. The second-order valence-electron chi connectivity index (χ2n) is 10.2. The summed E-state index contributed by atoms with van der Waals surface area (Å²) in [6.45, 7) is 6.87. The lowest BCUT2D eigenvalue weighted by Crippen LogP contribution is -2.27. The number of rotatable bonds is 5. The van der Waals surface area contributed by atoms with Crippen LogP contribution in [-0.4, -0.2) is 21.2 Å². The molecule has 4 aromatic rings. The molecule has 1 unspecified atom stereocenters. The summed E-state index contributed by atoms with van der Waals surface area (Å²) in [6.07, 6.45) is 2.96. The lowest BCUT2D eigenvalue weighted by Gasteiger charge is -2.33. The molecule has 8 heteroatoms. The molecule has 186 valence electrons. The number of amides is 1. The van der Waals surface area contributed by atoms with Crippen LogP contribution >= 0.6 is 34.7 Å². The lowest BCUT2D eigenvalue weighted by molar-refractivity contribution is -0.113. The first-order valence-electron chi connectivity index (χ1n) is 12.0. The highest BCUT2D eigenvalue weighted by Crippen LogP contribution is 2.42. The van der Waals surface area contributed by atoms with Crippen molar-refractivity contribution in [2.75, 3.05) is 11.1 Å². The number of thioether (sulfide) groups is 1. The maximum atomic E-state index is 13.9. The summed E-state index contributed by atoms with van der Waals surface area (Å²) < 4.78 is 1.66. The third-order valence-electron chi connectivity index (χ3n) is 6.73. The number of nitrogens with one attached hydrogen (secondary N) is 1. The maximum absolute atomic E-state index is 13.9. The summed E-state index contributed by atoms with van der Waals surface area (Å²) in [7, 11) is 0. The molecule has 0 radical (unpaired) electrons. The topological polar surface area (TPSA) is 64.0 Å². The molecular weight excluding hydrogens is 510 g/mol. The van der Waals surface area contributed by atoms with E-state index in [0.29, 0.717) is 21.8 Å². The number of nitrogens with zero attached hydrogens (tertiary/aromatic N) is 2. The number of para-hydroxylation sites is 1. The summed E-state index contributed by atoms with van der Waals surface area (Å²) in [5.74, 6) is 0.516. The summed E-state index contributed by atoms with van der Waals surface area (Å²) in [5, 5.41) is 4.68. The Bertz CT molecular complexity index is 1490. The Morgan fingerprint density at radius 2 is 1.97 bits per heavy atom. The van der Waals surface area contributed by atoms with Gasteiger partial charge in [-0.1, -0.05) is 68.4 Å². The molecule has 36 heavy (non-hydrogen) atoms. The summed E-state index contributed by atoms with van der Waals surface area (Å²) in [6, 6.07) is 16.6. The van der Waals surface area contributed by atoms with Crippen LogP contribution in [0.4, 0.5) is 5.69 Å². The predicted octanol–water partition coefficient (Wildman–Crippen LogP) is 6.98. The SMILES string of the molecule is CC(C)(C)C1CCc2c(sc3nc(SCC(=O)Nc4cccc(Cl)c4)n(-c4ccccc4)c(=O)c23)C1. The monoisotopic (exact) mass is 537 g/mol. The van der Waals surface area contributed by atoms with Crippen LogP contribution < -0.4 is 10.9 Å². The molecule has 0 fully saturated rings. The van der Waals surface area contributed by atoms with Gasteiger partial charge in [0.1, 0.15) is 4.83 Å². The van der Waals surface area contributed by atoms with E-state index in [4.69, 9.17) is 16.6 Å². The number of benzene rings is 2. The van der Waals surface area contributed by atoms with Crippen molar-refractivity contribution in [2.45, 2.75) is 45.2 Å². The molecule has 0 aliphatic heterocycles. The normalized spacial score (nSPS) is 15.6. The first-order chi connectivity index (χ1) is 17.2. The molecule has 2 heterocycles. The summed E-state index contributed by atoms with van der Waals surface area (Å²) in [5.41, 5.74) is 2.71. The Morgan fingerprint density at radius 1 is 1.19 bits per heavy atom. The Labute approximate surface area is 223 Å². The van der Waals surface area contributed by atoms with Crippen molar-refractivity contribution in [1.82, 2.24) is 9.55 Å². The zero-order chi connectivity index (χ0) is 25.4. The smallest absolute Gasteiger partial charge is 0.267 e. The Balaban J connectivity index is 1.51. The van der Waals surface area contributed by atoms with Crippen LogP contribution in [0.1, 0.15) is 37.6 Å². The van der Waals surface area contributed by atoms with Crippen LogP contribution in [0.15, 0.2) is 64.5 Å². The van der Waals surface area contributed by atoms with Gasteiger partial charge in [0.2, 0.25) is 5.91 Å². The third kappa shape index (κ3) is 5.10. The van der Waals surface area contributed by atoms with E-state index in [1.54, 1.807) is 40.2 Å². The average molecular weight is 538 g/mol. The minimum Gasteiger partial charge on any atom is -0.325 e. The van der Waals surface area contributed by atoms with E-state index in [-0.39, 0.29) is 22.6 Å². The van der Waals surface area contributed by atoms with Gasteiger partial charge in [0, 0.05) is 15.6 Å². The molecule has 2 aromatic heterocycles. The Hall–Kier alpha value is -2.61. The van der Waals surface area contributed by atoms with E-state index >= 15 is 0 Å². The quantitative estimate of drug-likeness (QED) is 0.220. The van der Waals surface area contributed by atoms with Crippen molar-refractivity contribution < 1.29 is 4.79 Å². The minimum atomic E-state index is -0.185. The molecule has 0 saturated heterocycles. The van der Waals surface area contributed by atoms with E-state index < -0.39 is 0 Å². The number of anilines is 1. The highest BCUT2D eigenvalue weighted by atomic mass is 35.5. The van der Waals surface area contributed by atoms with E-state index in [1.807, 2.05) is 30.3 Å². The zero-order valence-corrected chi connectivity index (χ0v) is 22.9. The third-order valence-corrected chi connectivity index (χ3v) is 9.05. The number of hydrogen-bond acceptors (Lipinski definition) is 5. The highest BCUT2D eigenvalue weighted by molar-refractivity contribution is 7.99. The number of hydrogen-bond donors (Lipinski definition) is 1. The van der Waals surface area contributed by atoms with Crippen molar-refractivity contribution >= 4 is 56.5 Å². The molecular formula is C28H28ClN3O2S2. The molecule has 0 spiro atoms. The molecule has 0 saturated carbocycles. The van der Waals surface area contributed by atoms with Crippen LogP contribution in [0.5, 0.6) is 0 Å². The van der Waals surface area contributed by atoms with Crippen LogP contribution in [-0.2, 0) is 17.6 Å². The van der Waals surface area contributed by atoms with Gasteiger partial charge in [-0.2, -0.15) is 0 Å². The fourth-order valence-corrected chi connectivity index (χ4v) is 7.08. The summed E-state index contributed by atoms with van der Waals surface area (Å²) in [4.78, 5) is 33.6. The number of aromatic nitrogens is 2. The van der Waals surface area contributed by atoms with Gasteiger partial charge < -0.3 is 5.32 Å². The van der Waals surface area contributed by atoms with Gasteiger partial charge in [0.05, 0.1) is 16.8 Å². The first-order valence-corrected chi connectivity index (χ1v) is 14.2. The second-order valence-corrected chi connectivity index (χ2v) is 12.7. The van der Waals surface area contributed by atoms with E-state index in [2.05, 4.69) is 26.1 Å². The molecule has 2 aromatic carbocycles. The Kier molecular flexibility index (Phi) is 6.99. The standard InChI is InChI=1S/C28H28ClN3O2S2/c1-28(2,3)17-12-13-21-22(14-17)36-25-24(21)26(34)32(20-10-5-4-6-11-20)27(31-25)35-16-23(33)30-19-9-7-8-18(29)15-19/h4-11,15,17H,12-14,16H2,1-3H3,(H,30,33). The summed E-state index contributed by atoms with van der Waals surface area (Å²) >= 11 is 8.94. The minimum absolute atomic E-state index is 0.0596. The van der Waals surface area contributed by atoms with E-state index in [0.717, 1.165) is 40.7 Å². The van der Waals surface area contributed by atoms with Gasteiger partial charge in [0.25, 0.3) is 5.56 Å². The second kappa shape index (κ2) is 10.0. The predicted molar refractivity (Wildman–Crippen MR) is 151 cm³/mol. The molecule has 0 bridgehead atoms. The van der Waals surface area contributed by atoms with Crippen molar-refractivity contribution in [1.29, 1.82) is 0 Å². The average Bonchev–Trinajstić information content (AvgIpc) is 3.21. The molecule has 1 amide bonds. The van der Waals surface area contributed by atoms with Gasteiger partial charge in [0.15, 0.2) is 5.16 Å². The van der Waals surface area contributed by atoms with Crippen LogP contribution in [0.3, 0.4) is 0 Å². The lowest BCUT2D eigenvalue weighted by atomic mass is 9.72. The fourth-order valence-electron chi connectivity index (χ4n) is 4.74. The van der Waals surface area contributed by atoms with Crippen molar-refractivity contribution in [3.8, 4) is 5.69 Å². The number of carbonyl (C=O) groups excluding carboxylic acids is 1. The fraction of sp³-hybridized carbons (Fsp3) is 0.321. The molecule has 1 N–H and O–H groups in total. The molecule has 1 atom stereocenters. The van der Waals surface area contributed by atoms with Crippen LogP contribution in [0.2, 0.25) is 5.02 Å². The van der Waals surface area contributed by atoms with E-state index in [1.165, 1.54) is 16.6 Å². The van der Waals surface area contributed by atoms with Gasteiger partial charge in [-0.15, -0.1) is 11.3 Å². The van der Waals surface area contributed by atoms with Crippen LogP contribution in [0.25, 0.3) is 15.9 Å². The van der Waals surface area contributed by atoms with E-state index in [9.17, 15) is 9.59 Å². The molecule has 1 aliphatic carbocycles. The molecule has 5 nitrogen and oxygen atoms in total. The zero-order valence-electron chi connectivity index (χ0n) is 20.5. The molecule has 5 rings (SSSR count). The number of thiophene rings is 1. The van der Waals surface area contributed by atoms with Crippen LogP contribution in [0, 0.1) is 11.3 Å². The van der Waals surface area contributed by atoms with Crippen molar-refractivity contribution in [3.05, 3.63) is 80.4 Å². The van der Waals surface area contributed by atoms with Gasteiger partial charge >= 0.3 is 0 Å².